The lowest BCUT2D eigenvalue weighted by molar-refractivity contribution is -0.145. The third kappa shape index (κ3) is 3.32. The highest BCUT2D eigenvalue weighted by Gasteiger charge is 2.47. The standard InChI is InChI=1S/C15H20N2O3S/c1-10-5-7-11(8-6-10)16-14(19)17-12(13(18)20-4)9-21-15(17,2)3/h5-8,12H,9H2,1-4H3,(H,16,19). The van der Waals surface area contributed by atoms with E-state index in [0.29, 0.717) is 11.4 Å². The number of aryl methyl sites for hydroxylation is 1. The molecule has 1 aromatic carbocycles. The van der Waals surface area contributed by atoms with E-state index in [-0.39, 0.29) is 12.0 Å². The minimum Gasteiger partial charge on any atom is -0.467 e. The number of carbonyl (C=O) groups excluding carboxylic acids is 2. The number of rotatable bonds is 2. The largest absolute Gasteiger partial charge is 0.467 e. The molecule has 1 atom stereocenters. The molecule has 6 heteroatoms. The topological polar surface area (TPSA) is 58.6 Å². The molecule has 1 fully saturated rings. The van der Waals surface area contributed by atoms with Crippen LogP contribution in [-0.4, -0.2) is 40.7 Å². The van der Waals surface area contributed by atoms with Crippen molar-refractivity contribution in [1.29, 1.82) is 0 Å². The molecule has 0 bridgehead atoms. The van der Waals surface area contributed by atoms with Gasteiger partial charge in [0.15, 0.2) is 0 Å². The van der Waals surface area contributed by atoms with Crippen LogP contribution in [0.3, 0.4) is 0 Å². The van der Waals surface area contributed by atoms with Crippen molar-refractivity contribution in [3.63, 3.8) is 0 Å². The first-order valence-corrected chi connectivity index (χ1v) is 7.72. The molecule has 5 nitrogen and oxygen atoms in total. The second-order valence-electron chi connectivity index (χ2n) is 5.46. The molecule has 1 aliphatic heterocycles. The number of nitrogens with zero attached hydrogens (tertiary/aromatic N) is 1. The van der Waals surface area contributed by atoms with Crippen LogP contribution in [0.15, 0.2) is 24.3 Å². The summed E-state index contributed by atoms with van der Waals surface area (Å²) in [6, 6.07) is 6.70. The highest BCUT2D eigenvalue weighted by Crippen LogP contribution is 2.39. The summed E-state index contributed by atoms with van der Waals surface area (Å²) in [7, 11) is 1.34. The number of carbonyl (C=O) groups is 2. The Morgan fingerprint density at radius 2 is 1.95 bits per heavy atom. The Bertz CT molecular complexity index is 542. The summed E-state index contributed by atoms with van der Waals surface area (Å²) in [4.78, 5) is 25.5. The lowest BCUT2D eigenvalue weighted by Crippen LogP contribution is -2.51. The maximum Gasteiger partial charge on any atom is 0.329 e. The molecule has 0 aliphatic carbocycles. The summed E-state index contributed by atoms with van der Waals surface area (Å²) in [6.45, 7) is 5.84. The smallest absolute Gasteiger partial charge is 0.329 e. The quantitative estimate of drug-likeness (QED) is 0.854. The minimum absolute atomic E-state index is 0.288. The Morgan fingerprint density at radius 3 is 2.52 bits per heavy atom. The zero-order valence-electron chi connectivity index (χ0n) is 12.7. The van der Waals surface area contributed by atoms with Crippen molar-refractivity contribution in [1.82, 2.24) is 4.90 Å². The molecule has 0 spiro atoms. The van der Waals surface area contributed by atoms with Crippen molar-refractivity contribution in [3.8, 4) is 0 Å². The molecule has 2 amide bonds. The molecule has 21 heavy (non-hydrogen) atoms. The van der Waals surface area contributed by atoms with Crippen molar-refractivity contribution in [2.24, 2.45) is 0 Å². The van der Waals surface area contributed by atoms with Gasteiger partial charge in [-0.2, -0.15) is 0 Å². The average molecular weight is 308 g/mol. The van der Waals surface area contributed by atoms with Crippen LogP contribution in [0.4, 0.5) is 10.5 Å². The molecular formula is C15H20N2O3S. The molecule has 1 heterocycles. The number of hydrogen-bond donors (Lipinski definition) is 1. The molecule has 1 saturated heterocycles. The van der Waals surface area contributed by atoms with Gasteiger partial charge in [-0.15, -0.1) is 11.8 Å². The number of anilines is 1. The molecule has 1 N–H and O–H groups in total. The lowest BCUT2D eigenvalue weighted by atomic mass is 10.2. The summed E-state index contributed by atoms with van der Waals surface area (Å²) in [5.74, 6) is 0.160. The predicted molar refractivity (Wildman–Crippen MR) is 84.4 cm³/mol. The summed E-state index contributed by atoms with van der Waals surface area (Å²) in [6.07, 6.45) is 0. The second-order valence-corrected chi connectivity index (χ2v) is 7.08. The van der Waals surface area contributed by atoms with Crippen molar-refractivity contribution in [2.75, 3.05) is 18.2 Å². The summed E-state index contributed by atoms with van der Waals surface area (Å²) in [5, 5.41) is 2.84. The van der Waals surface area contributed by atoms with Gasteiger partial charge in [-0.25, -0.2) is 9.59 Å². The van der Waals surface area contributed by atoms with Crippen LogP contribution in [0.5, 0.6) is 0 Å². The average Bonchev–Trinajstić information content (AvgIpc) is 2.76. The Kier molecular flexibility index (Phi) is 4.46. The van der Waals surface area contributed by atoms with Crippen LogP contribution in [0.2, 0.25) is 0 Å². The predicted octanol–water partition coefficient (Wildman–Crippen LogP) is 2.85. The number of thioether (sulfide) groups is 1. The normalized spacial score (nSPS) is 20.2. The molecule has 1 aromatic rings. The number of nitrogens with one attached hydrogen (secondary N) is 1. The van der Waals surface area contributed by atoms with Crippen LogP contribution in [0.1, 0.15) is 19.4 Å². The Hall–Kier alpha value is -1.69. The summed E-state index contributed by atoms with van der Waals surface area (Å²) in [5.41, 5.74) is 1.83. The van der Waals surface area contributed by atoms with Crippen molar-refractivity contribution >= 4 is 29.4 Å². The molecule has 0 radical (unpaired) electrons. The number of benzene rings is 1. The molecule has 0 saturated carbocycles. The molecule has 1 aliphatic rings. The van der Waals surface area contributed by atoms with E-state index >= 15 is 0 Å². The molecule has 2 rings (SSSR count). The van der Waals surface area contributed by atoms with Gasteiger partial charge in [0.25, 0.3) is 0 Å². The summed E-state index contributed by atoms with van der Waals surface area (Å²) < 4.78 is 4.80. The molecule has 114 valence electrons. The van der Waals surface area contributed by atoms with Gasteiger partial charge in [0.2, 0.25) is 0 Å². The van der Waals surface area contributed by atoms with Crippen LogP contribution >= 0.6 is 11.8 Å². The maximum absolute atomic E-state index is 12.5. The van der Waals surface area contributed by atoms with E-state index in [1.807, 2.05) is 45.0 Å². The van der Waals surface area contributed by atoms with E-state index in [0.717, 1.165) is 5.56 Å². The number of esters is 1. The Balaban J connectivity index is 2.18. The number of hydrogen-bond acceptors (Lipinski definition) is 4. The number of urea groups is 1. The SMILES string of the molecule is COC(=O)C1CSC(C)(C)N1C(=O)Nc1ccc(C)cc1. The fraction of sp³-hybridized carbons (Fsp3) is 0.467. The minimum atomic E-state index is -0.555. The molecule has 1 unspecified atom stereocenters. The first-order chi connectivity index (χ1) is 9.85. The monoisotopic (exact) mass is 308 g/mol. The third-order valence-corrected chi connectivity index (χ3v) is 4.87. The fourth-order valence-corrected chi connectivity index (χ4v) is 3.52. The fourth-order valence-electron chi connectivity index (χ4n) is 2.32. The van der Waals surface area contributed by atoms with Crippen LogP contribution in [-0.2, 0) is 9.53 Å². The van der Waals surface area contributed by atoms with Gasteiger partial charge in [0, 0.05) is 11.4 Å². The van der Waals surface area contributed by atoms with Gasteiger partial charge in [-0.3, -0.25) is 4.90 Å². The van der Waals surface area contributed by atoms with Gasteiger partial charge < -0.3 is 10.1 Å². The zero-order valence-corrected chi connectivity index (χ0v) is 13.5. The van der Waals surface area contributed by atoms with E-state index in [4.69, 9.17) is 4.74 Å². The van der Waals surface area contributed by atoms with Gasteiger partial charge in [0.05, 0.1) is 12.0 Å². The summed E-state index contributed by atoms with van der Waals surface area (Å²) >= 11 is 1.57. The van der Waals surface area contributed by atoms with Crippen molar-refractivity contribution in [3.05, 3.63) is 29.8 Å². The van der Waals surface area contributed by atoms with Crippen LogP contribution in [0, 0.1) is 6.92 Å². The van der Waals surface area contributed by atoms with Crippen LogP contribution < -0.4 is 5.32 Å². The van der Waals surface area contributed by atoms with E-state index in [1.165, 1.54) is 7.11 Å². The lowest BCUT2D eigenvalue weighted by Gasteiger charge is -2.33. The molecule has 0 aromatic heterocycles. The number of ether oxygens (including phenoxy) is 1. The van der Waals surface area contributed by atoms with Crippen molar-refractivity contribution in [2.45, 2.75) is 31.7 Å². The first-order valence-electron chi connectivity index (χ1n) is 6.74. The Morgan fingerprint density at radius 1 is 1.33 bits per heavy atom. The van der Waals surface area contributed by atoms with E-state index in [9.17, 15) is 9.59 Å². The van der Waals surface area contributed by atoms with Crippen molar-refractivity contribution < 1.29 is 14.3 Å². The van der Waals surface area contributed by atoms with E-state index in [2.05, 4.69) is 5.32 Å². The highest BCUT2D eigenvalue weighted by molar-refractivity contribution is 8.00. The second kappa shape index (κ2) is 5.97. The van der Waals surface area contributed by atoms with E-state index < -0.39 is 10.9 Å². The van der Waals surface area contributed by atoms with Gasteiger partial charge in [0.1, 0.15) is 6.04 Å². The zero-order chi connectivity index (χ0) is 15.6. The van der Waals surface area contributed by atoms with Gasteiger partial charge >= 0.3 is 12.0 Å². The number of amides is 2. The highest BCUT2D eigenvalue weighted by atomic mass is 32.2. The molecular weight excluding hydrogens is 288 g/mol. The number of methoxy groups -OCH3 is 1. The maximum atomic E-state index is 12.5. The van der Waals surface area contributed by atoms with E-state index in [1.54, 1.807) is 16.7 Å². The third-order valence-electron chi connectivity index (χ3n) is 3.48. The van der Waals surface area contributed by atoms with Gasteiger partial charge in [-0.1, -0.05) is 17.7 Å². The van der Waals surface area contributed by atoms with Gasteiger partial charge in [-0.05, 0) is 32.9 Å². The first kappa shape index (κ1) is 15.7. The van der Waals surface area contributed by atoms with Crippen LogP contribution in [0.25, 0.3) is 0 Å². The Labute approximate surface area is 129 Å².